The summed E-state index contributed by atoms with van der Waals surface area (Å²) in [6.45, 7) is 0.670. The minimum atomic E-state index is -5.75. The van der Waals surface area contributed by atoms with Gasteiger partial charge in [0.15, 0.2) is 0 Å². The lowest BCUT2D eigenvalue weighted by Gasteiger charge is -2.35. The molecule has 1 aliphatic heterocycles. The zero-order valence-electron chi connectivity index (χ0n) is 18.4. The van der Waals surface area contributed by atoms with Crippen LogP contribution < -0.4 is 4.74 Å². The van der Waals surface area contributed by atoms with Gasteiger partial charge in [0, 0.05) is 38.3 Å². The molecule has 11 heteroatoms. The van der Waals surface area contributed by atoms with E-state index in [2.05, 4.69) is 10.7 Å². The molecule has 0 N–H and O–H groups in total. The maximum atomic E-state index is 12.7. The third kappa shape index (κ3) is 7.05. The van der Waals surface area contributed by atoms with Crippen LogP contribution in [0.1, 0.15) is 5.56 Å². The van der Waals surface area contributed by atoms with Crippen molar-refractivity contribution in [2.75, 3.05) is 32.8 Å². The molecule has 0 atom stereocenters. The quantitative estimate of drug-likeness (QED) is 0.408. The molecule has 0 spiro atoms. The Morgan fingerprint density at radius 2 is 1.57 bits per heavy atom. The van der Waals surface area contributed by atoms with Crippen LogP contribution in [0, 0.1) is 12.3 Å². The molecule has 0 bridgehead atoms. The summed E-state index contributed by atoms with van der Waals surface area (Å²) in [5, 5.41) is 0. The van der Waals surface area contributed by atoms with E-state index in [1.807, 2.05) is 53.4 Å². The topological polar surface area (TPSA) is 42.0 Å². The van der Waals surface area contributed by atoms with Gasteiger partial charge in [-0.1, -0.05) is 48.4 Å². The largest absolute Gasteiger partial charge is 0.481 e. The van der Waals surface area contributed by atoms with Crippen molar-refractivity contribution < 1.29 is 40.6 Å². The highest BCUT2D eigenvalue weighted by atomic mass is 19.4. The van der Waals surface area contributed by atoms with Crippen LogP contribution >= 0.6 is 0 Å². The minimum Gasteiger partial charge on any atom is -0.481 e. The van der Waals surface area contributed by atoms with Crippen molar-refractivity contribution in [2.45, 2.75) is 25.0 Å². The van der Waals surface area contributed by atoms with E-state index in [1.165, 1.54) is 0 Å². The Hall–Kier alpha value is -3.39. The number of rotatable bonds is 6. The molecule has 0 aromatic heterocycles. The molecule has 1 heterocycles. The van der Waals surface area contributed by atoms with Crippen molar-refractivity contribution in [1.82, 2.24) is 9.80 Å². The smallest absolute Gasteiger partial charge is 0.434 e. The Kier molecular flexibility index (Phi) is 8.17. The van der Waals surface area contributed by atoms with Crippen LogP contribution in [0.2, 0.25) is 0 Å². The fourth-order valence-electron chi connectivity index (χ4n) is 3.57. The summed E-state index contributed by atoms with van der Waals surface area (Å²) in [4.78, 5) is 14.7. The molecule has 1 fully saturated rings. The lowest BCUT2D eigenvalue weighted by Crippen LogP contribution is -2.52. The van der Waals surface area contributed by atoms with Gasteiger partial charge in [0.25, 0.3) is 6.10 Å². The van der Waals surface area contributed by atoms with Gasteiger partial charge in [-0.25, -0.2) is 4.79 Å². The highest BCUT2D eigenvalue weighted by Crippen LogP contribution is 2.36. The Labute approximate surface area is 198 Å². The maximum Gasteiger partial charge on any atom is 0.434 e. The van der Waals surface area contributed by atoms with Gasteiger partial charge >= 0.3 is 18.4 Å². The number of carbonyl (C=O) groups excluding carboxylic acids is 1. The van der Waals surface area contributed by atoms with E-state index in [-0.39, 0.29) is 32.8 Å². The van der Waals surface area contributed by atoms with Crippen molar-refractivity contribution in [3.63, 3.8) is 0 Å². The number of terminal acetylenes is 1. The number of ether oxygens (including phenoxy) is 2. The zero-order valence-corrected chi connectivity index (χ0v) is 18.4. The van der Waals surface area contributed by atoms with Crippen molar-refractivity contribution in [2.24, 2.45) is 0 Å². The van der Waals surface area contributed by atoms with E-state index in [1.54, 1.807) is 0 Å². The van der Waals surface area contributed by atoms with Gasteiger partial charge in [-0.3, -0.25) is 4.90 Å². The second-order valence-corrected chi connectivity index (χ2v) is 7.79. The Morgan fingerprint density at radius 1 is 0.943 bits per heavy atom. The molecule has 3 rings (SSSR count). The van der Waals surface area contributed by atoms with E-state index in [9.17, 15) is 31.1 Å². The van der Waals surface area contributed by atoms with E-state index in [0.29, 0.717) is 12.3 Å². The summed E-state index contributed by atoms with van der Waals surface area (Å²) in [7, 11) is 0. The van der Waals surface area contributed by atoms with Gasteiger partial charge in [0.2, 0.25) is 0 Å². The van der Waals surface area contributed by atoms with Crippen LogP contribution in [0.5, 0.6) is 5.75 Å². The monoisotopic (exact) mass is 500 g/mol. The first kappa shape index (κ1) is 26.2. The first-order valence-electron chi connectivity index (χ1n) is 10.5. The van der Waals surface area contributed by atoms with Crippen molar-refractivity contribution in [3.05, 3.63) is 54.1 Å². The number of nitrogens with zero attached hydrogens (tertiary/aromatic N) is 2. The van der Waals surface area contributed by atoms with Gasteiger partial charge < -0.3 is 14.4 Å². The summed E-state index contributed by atoms with van der Waals surface area (Å²) >= 11 is 0. The number of hydrogen-bond acceptors (Lipinski definition) is 4. The summed E-state index contributed by atoms with van der Waals surface area (Å²) in [6, 6.07) is 15.2. The minimum absolute atomic E-state index is 0.0461. The van der Waals surface area contributed by atoms with Gasteiger partial charge in [-0.05, 0) is 17.2 Å². The highest BCUT2D eigenvalue weighted by Gasteiger charge is 2.60. The van der Waals surface area contributed by atoms with Gasteiger partial charge in [-0.2, -0.15) is 26.3 Å². The number of amides is 1. The van der Waals surface area contributed by atoms with E-state index >= 15 is 0 Å². The first-order chi connectivity index (χ1) is 16.5. The van der Waals surface area contributed by atoms with E-state index in [4.69, 9.17) is 11.2 Å². The van der Waals surface area contributed by atoms with E-state index in [0.717, 1.165) is 21.6 Å². The predicted molar refractivity (Wildman–Crippen MR) is 115 cm³/mol. The molecule has 1 aliphatic rings. The number of alkyl halides is 6. The Morgan fingerprint density at radius 3 is 2.14 bits per heavy atom. The highest BCUT2D eigenvalue weighted by molar-refractivity contribution is 5.68. The molecule has 1 saturated heterocycles. The lowest BCUT2D eigenvalue weighted by atomic mass is 10.0. The molecular formula is C24H22F6N2O3. The standard InChI is InChI=1S/C24H22F6N2O3/c1-2-14-34-20-15-18(17-6-4-3-5-7-17)8-9-19(20)16-31-10-12-32(13-11-31)22(33)35-21(23(25,26)27)24(28,29)30/h1,3-9,15,21H,10-14,16H2. The summed E-state index contributed by atoms with van der Waals surface area (Å²) in [6.07, 6.45) is -12.0. The Bertz CT molecular complexity index is 1030. The molecular weight excluding hydrogens is 478 g/mol. The second kappa shape index (κ2) is 10.9. The maximum absolute atomic E-state index is 12.7. The number of benzene rings is 2. The second-order valence-electron chi connectivity index (χ2n) is 7.79. The normalized spacial score (nSPS) is 15.1. The van der Waals surface area contributed by atoms with E-state index < -0.39 is 24.5 Å². The molecule has 0 radical (unpaired) electrons. The average molecular weight is 500 g/mol. The third-order valence-electron chi connectivity index (χ3n) is 5.32. The first-order valence-corrected chi connectivity index (χ1v) is 10.5. The van der Waals surface area contributed by atoms with Gasteiger partial charge in [0.1, 0.15) is 12.4 Å². The fraction of sp³-hybridized carbons (Fsp3) is 0.375. The molecule has 0 aliphatic carbocycles. The Balaban J connectivity index is 1.64. The molecule has 1 amide bonds. The number of carbonyl (C=O) groups is 1. The molecule has 0 unspecified atom stereocenters. The predicted octanol–water partition coefficient (Wildman–Crippen LogP) is 5.11. The molecule has 188 valence electrons. The van der Waals surface area contributed by atoms with Crippen LogP contribution in [0.4, 0.5) is 31.1 Å². The SMILES string of the molecule is C#CCOc1cc(-c2ccccc2)ccc1CN1CCN(C(=O)OC(C(F)(F)F)C(F)(F)F)CC1. The van der Waals surface area contributed by atoms with Crippen LogP contribution in [-0.2, 0) is 11.3 Å². The van der Waals surface area contributed by atoms with Crippen LogP contribution in [-0.4, -0.2) is 67.1 Å². The molecule has 0 saturated carbocycles. The van der Waals surface area contributed by atoms with Crippen molar-refractivity contribution in [1.29, 1.82) is 0 Å². The summed E-state index contributed by atoms with van der Waals surface area (Å²) in [5.41, 5.74) is 2.69. The van der Waals surface area contributed by atoms with Crippen molar-refractivity contribution >= 4 is 6.09 Å². The van der Waals surface area contributed by atoms with Crippen LogP contribution in [0.3, 0.4) is 0 Å². The summed E-state index contributed by atoms with van der Waals surface area (Å²) < 4.78 is 85.4. The van der Waals surface area contributed by atoms with Crippen molar-refractivity contribution in [3.8, 4) is 29.2 Å². The van der Waals surface area contributed by atoms with Crippen LogP contribution in [0.15, 0.2) is 48.5 Å². The third-order valence-corrected chi connectivity index (χ3v) is 5.32. The van der Waals surface area contributed by atoms with Gasteiger partial charge in [0.05, 0.1) is 0 Å². The molecule has 2 aromatic rings. The number of piperazine rings is 1. The summed E-state index contributed by atoms with van der Waals surface area (Å²) in [5.74, 6) is 2.97. The van der Waals surface area contributed by atoms with Gasteiger partial charge in [-0.15, -0.1) is 6.42 Å². The number of halogens is 6. The zero-order chi connectivity index (χ0) is 25.6. The number of hydrogen-bond donors (Lipinski definition) is 0. The van der Waals surface area contributed by atoms with Crippen LogP contribution in [0.25, 0.3) is 11.1 Å². The molecule has 35 heavy (non-hydrogen) atoms. The lowest BCUT2D eigenvalue weighted by molar-refractivity contribution is -0.308. The average Bonchev–Trinajstić information content (AvgIpc) is 2.81. The fourth-order valence-corrected chi connectivity index (χ4v) is 3.57. The molecule has 2 aromatic carbocycles. The molecule has 5 nitrogen and oxygen atoms in total.